The molecule has 0 fully saturated rings. The van der Waals surface area contributed by atoms with Gasteiger partial charge in [0.25, 0.3) is 0 Å². The summed E-state index contributed by atoms with van der Waals surface area (Å²) in [7, 11) is 1.97. The van der Waals surface area contributed by atoms with Crippen molar-refractivity contribution < 1.29 is 0 Å². The van der Waals surface area contributed by atoms with Crippen molar-refractivity contribution in [2.75, 3.05) is 13.6 Å². The fourth-order valence-corrected chi connectivity index (χ4v) is 1.32. The predicted molar refractivity (Wildman–Crippen MR) is 59.2 cm³/mol. The normalized spacial score (nSPS) is 13.1. The summed E-state index contributed by atoms with van der Waals surface area (Å²) in [6.45, 7) is 5.23. The van der Waals surface area contributed by atoms with Crippen LogP contribution >= 0.6 is 0 Å². The molecule has 0 amide bonds. The molecule has 1 rings (SSSR count). The quantitative estimate of drug-likeness (QED) is 0.741. The van der Waals surface area contributed by atoms with Crippen molar-refractivity contribution in [1.29, 1.82) is 0 Å². The zero-order chi connectivity index (χ0) is 10.4. The summed E-state index contributed by atoms with van der Waals surface area (Å²) >= 11 is 0. The number of hydrogen-bond acceptors (Lipinski definition) is 3. The topological polar surface area (TPSA) is 37.0 Å². The Labute approximate surface area is 85.9 Å². The van der Waals surface area contributed by atoms with E-state index in [0.29, 0.717) is 12.1 Å². The minimum atomic E-state index is 0.339. The summed E-state index contributed by atoms with van der Waals surface area (Å²) in [4.78, 5) is 4.11. The largest absolute Gasteiger partial charge is 0.313 e. The molecule has 1 aromatic rings. The molecule has 1 aromatic heterocycles. The van der Waals surface area contributed by atoms with Crippen molar-refractivity contribution in [2.45, 2.75) is 25.9 Å². The van der Waals surface area contributed by atoms with Crippen LogP contribution in [0.5, 0.6) is 0 Å². The van der Waals surface area contributed by atoms with Gasteiger partial charge in [-0.1, -0.05) is 19.9 Å². The second-order valence-corrected chi connectivity index (χ2v) is 3.69. The Kier molecular flexibility index (Phi) is 4.56. The number of likely N-dealkylation sites (N-methyl/N-ethyl adjacent to an activating group) is 1. The van der Waals surface area contributed by atoms with Crippen LogP contribution < -0.4 is 10.6 Å². The minimum absolute atomic E-state index is 0.339. The summed E-state index contributed by atoms with van der Waals surface area (Å²) in [6.07, 6.45) is 3.70. The lowest BCUT2D eigenvalue weighted by molar-refractivity contribution is 0.490. The second kappa shape index (κ2) is 5.73. The molecule has 0 radical (unpaired) electrons. The average molecular weight is 193 g/mol. The van der Waals surface area contributed by atoms with Gasteiger partial charge in [-0.25, -0.2) is 0 Å². The number of aromatic nitrogens is 1. The van der Waals surface area contributed by atoms with Gasteiger partial charge in [0.05, 0.1) is 0 Å². The van der Waals surface area contributed by atoms with E-state index >= 15 is 0 Å². The number of nitrogens with zero attached hydrogens (tertiary/aromatic N) is 1. The highest BCUT2D eigenvalue weighted by Gasteiger charge is 2.08. The molecule has 0 aliphatic heterocycles. The zero-order valence-corrected chi connectivity index (χ0v) is 9.12. The first-order valence-electron chi connectivity index (χ1n) is 5.04. The Morgan fingerprint density at radius 2 is 2.21 bits per heavy atom. The first kappa shape index (κ1) is 11.1. The molecule has 0 aliphatic rings. The van der Waals surface area contributed by atoms with Crippen LogP contribution in [0.3, 0.4) is 0 Å². The van der Waals surface area contributed by atoms with E-state index in [4.69, 9.17) is 0 Å². The third-order valence-electron chi connectivity index (χ3n) is 2.17. The molecule has 0 saturated carbocycles. The molecular weight excluding hydrogens is 174 g/mol. The van der Waals surface area contributed by atoms with Crippen molar-refractivity contribution in [3.05, 3.63) is 30.1 Å². The Morgan fingerprint density at radius 1 is 1.43 bits per heavy atom. The summed E-state index contributed by atoms with van der Waals surface area (Å²) < 4.78 is 0. The average Bonchev–Trinajstić information content (AvgIpc) is 2.20. The van der Waals surface area contributed by atoms with E-state index in [1.165, 1.54) is 5.56 Å². The van der Waals surface area contributed by atoms with E-state index in [0.717, 1.165) is 6.54 Å². The van der Waals surface area contributed by atoms with Crippen LogP contribution in [0, 0.1) is 0 Å². The highest BCUT2D eigenvalue weighted by molar-refractivity contribution is 5.14. The summed E-state index contributed by atoms with van der Waals surface area (Å²) in [5.74, 6) is 0. The maximum absolute atomic E-state index is 4.11. The number of rotatable bonds is 5. The number of nitrogens with one attached hydrogen (secondary N) is 2. The third-order valence-corrected chi connectivity index (χ3v) is 2.17. The monoisotopic (exact) mass is 193 g/mol. The van der Waals surface area contributed by atoms with E-state index in [9.17, 15) is 0 Å². The number of hydrogen-bond donors (Lipinski definition) is 2. The molecule has 0 spiro atoms. The SMILES string of the molecule is CNC(CNC(C)C)c1cccnc1. The van der Waals surface area contributed by atoms with Crippen molar-refractivity contribution >= 4 is 0 Å². The molecular formula is C11H19N3. The molecule has 0 aromatic carbocycles. The van der Waals surface area contributed by atoms with E-state index in [1.54, 1.807) is 6.20 Å². The molecule has 14 heavy (non-hydrogen) atoms. The lowest BCUT2D eigenvalue weighted by atomic mass is 10.1. The smallest absolute Gasteiger partial charge is 0.0459 e. The molecule has 78 valence electrons. The van der Waals surface area contributed by atoms with Crippen molar-refractivity contribution in [2.24, 2.45) is 0 Å². The molecule has 3 heteroatoms. The standard InChI is InChI=1S/C11H19N3/c1-9(2)14-8-11(12-3)10-5-4-6-13-7-10/h4-7,9,11-12,14H,8H2,1-3H3. The van der Waals surface area contributed by atoms with E-state index in [1.807, 2.05) is 19.3 Å². The van der Waals surface area contributed by atoms with Gasteiger partial charge in [0.15, 0.2) is 0 Å². The molecule has 2 N–H and O–H groups in total. The fraction of sp³-hybridized carbons (Fsp3) is 0.545. The summed E-state index contributed by atoms with van der Waals surface area (Å²) in [5.41, 5.74) is 1.23. The molecule has 1 heterocycles. The lowest BCUT2D eigenvalue weighted by Crippen LogP contribution is -2.33. The lowest BCUT2D eigenvalue weighted by Gasteiger charge is -2.18. The van der Waals surface area contributed by atoms with Crippen LogP contribution in [0.1, 0.15) is 25.5 Å². The fourth-order valence-electron chi connectivity index (χ4n) is 1.32. The van der Waals surface area contributed by atoms with Gasteiger partial charge in [0.1, 0.15) is 0 Å². The highest BCUT2D eigenvalue weighted by Crippen LogP contribution is 2.09. The summed E-state index contributed by atoms with van der Waals surface area (Å²) in [5, 5.41) is 6.68. The highest BCUT2D eigenvalue weighted by atomic mass is 15.0. The molecule has 0 bridgehead atoms. The molecule has 0 saturated heterocycles. The Balaban J connectivity index is 2.54. The van der Waals surface area contributed by atoms with Crippen LogP contribution in [0.4, 0.5) is 0 Å². The van der Waals surface area contributed by atoms with Crippen LogP contribution in [-0.2, 0) is 0 Å². The zero-order valence-electron chi connectivity index (χ0n) is 9.12. The van der Waals surface area contributed by atoms with Gasteiger partial charge in [-0.05, 0) is 18.7 Å². The number of pyridine rings is 1. The minimum Gasteiger partial charge on any atom is -0.313 e. The molecule has 1 atom stereocenters. The maximum atomic E-state index is 4.11. The van der Waals surface area contributed by atoms with E-state index in [2.05, 4.69) is 35.5 Å². The Bertz CT molecular complexity index is 246. The third kappa shape index (κ3) is 3.44. The van der Waals surface area contributed by atoms with Crippen molar-refractivity contribution in [1.82, 2.24) is 15.6 Å². The first-order chi connectivity index (χ1) is 6.74. The molecule has 1 unspecified atom stereocenters. The van der Waals surface area contributed by atoms with Gasteiger partial charge >= 0.3 is 0 Å². The summed E-state index contributed by atoms with van der Waals surface area (Å²) in [6, 6.07) is 4.92. The van der Waals surface area contributed by atoms with Crippen LogP contribution in [-0.4, -0.2) is 24.6 Å². The predicted octanol–water partition coefficient (Wildman–Crippen LogP) is 1.34. The van der Waals surface area contributed by atoms with Gasteiger partial charge in [0, 0.05) is 31.0 Å². The van der Waals surface area contributed by atoms with Crippen LogP contribution in [0.2, 0.25) is 0 Å². The van der Waals surface area contributed by atoms with Gasteiger partial charge in [-0.3, -0.25) is 4.98 Å². The van der Waals surface area contributed by atoms with Crippen LogP contribution in [0.25, 0.3) is 0 Å². The molecule has 3 nitrogen and oxygen atoms in total. The maximum Gasteiger partial charge on any atom is 0.0459 e. The second-order valence-electron chi connectivity index (χ2n) is 3.69. The van der Waals surface area contributed by atoms with Crippen molar-refractivity contribution in [3.8, 4) is 0 Å². The van der Waals surface area contributed by atoms with Gasteiger partial charge in [-0.15, -0.1) is 0 Å². The van der Waals surface area contributed by atoms with Crippen molar-refractivity contribution in [3.63, 3.8) is 0 Å². The van der Waals surface area contributed by atoms with E-state index in [-0.39, 0.29) is 0 Å². The van der Waals surface area contributed by atoms with Gasteiger partial charge < -0.3 is 10.6 Å². The Hall–Kier alpha value is -0.930. The molecule has 0 aliphatic carbocycles. The van der Waals surface area contributed by atoms with Gasteiger partial charge in [0.2, 0.25) is 0 Å². The van der Waals surface area contributed by atoms with E-state index < -0.39 is 0 Å². The van der Waals surface area contributed by atoms with Gasteiger partial charge in [-0.2, -0.15) is 0 Å². The Morgan fingerprint density at radius 3 is 2.71 bits per heavy atom. The van der Waals surface area contributed by atoms with Crippen LogP contribution in [0.15, 0.2) is 24.5 Å². The first-order valence-corrected chi connectivity index (χ1v) is 5.04.